The lowest BCUT2D eigenvalue weighted by Gasteiger charge is -2.09. The second-order valence-electron chi connectivity index (χ2n) is 5.23. The van der Waals surface area contributed by atoms with E-state index in [1.165, 1.54) is 24.3 Å². The van der Waals surface area contributed by atoms with E-state index >= 15 is 0 Å². The number of nitrogens with one attached hydrogen (secondary N) is 1. The molecular weight excluding hydrogens is 328 g/mol. The zero-order valence-electron chi connectivity index (χ0n) is 13.2. The molecule has 2 aromatic rings. The van der Waals surface area contributed by atoms with Crippen molar-refractivity contribution in [2.24, 2.45) is 0 Å². The van der Waals surface area contributed by atoms with E-state index in [4.69, 9.17) is 11.3 Å². The summed E-state index contributed by atoms with van der Waals surface area (Å²) in [5.41, 5.74) is 1.65. The molecule has 0 spiro atoms. The van der Waals surface area contributed by atoms with Crippen LogP contribution in [0.3, 0.4) is 0 Å². The maximum atomic E-state index is 12.4. The van der Waals surface area contributed by atoms with Crippen molar-refractivity contribution < 1.29 is 17.9 Å². The topological polar surface area (TPSA) is 76.8 Å². The number of rotatable bonds is 6. The first-order valence-electron chi connectivity index (χ1n) is 7.00. The maximum Gasteiger partial charge on any atom is 0.431 e. The van der Waals surface area contributed by atoms with Crippen LogP contribution in [0.5, 0.6) is 5.75 Å². The van der Waals surface area contributed by atoms with E-state index < -0.39 is 22.0 Å². The molecule has 0 aliphatic heterocycles. The lowest BCUT2D eigenvalue weighted by Crippen LogP contribution is -2.23. The molecule has 0 saturated carbocycles. The van der Waals surface area contributed by atoms with Crippen LogP contribution in [0, 0.1) is 13.5 Å². The molecule has 0 bridgehead atoms. The van der Waals surface area contributed by atoms with Gasteiger partial charge in [0.05, 0.1) is 6.26 Å². The Hall–Kier alpha value is -2.85. The van der Waals surface area contributed by atoms with Gasteiger partial charge in [-0.05, 0) is 43.3 Å². The third-order valence-electron chi connectivity index (χ3n) is 3.08. The number of Topliss-reactive ketones (excluding diaryl/α,β-unsaturated/α-hetero) is 1. The lowest BCUT2D eigenvalue weighted by atomic mass is 10.1. The van der Waals surface area contributed by atoms with E-state index in [2.05, 4.69) is 9.57 Å². The average molecular weight is 344 g/mol. The SMILES string of the molecule is [C-]#[N+]C(Oc1ccc(C)cc1)C(=O)c1ccc(NS(C)(=O)=O)cc1. The van der Waals surface area contributed by atoms with Gasteiger partial charge in [-0.15, -0.1) is 0 Å². The molecule has 1 atom stereocenters. The number of hydrogen-bond donors (Lipinski definition) is 1. The molecule has 6 nitrogen and oxygen atoms in total. The van der Waals surface area contributed by atoms with Crippen molar-refractivity contribution >= 4 is 21.5 Å². The quantitative estimate of drug-likeness (QED) is 0.646. The van der Waals surface area contributed by atoms with E-state index in [0.29, 0.717) is 11.4 Å². The fourth-order valence-corrected chi connectivity index (χ4v) is 2.51. The lowest BCUT2D eigenvalue weighted by molar-refractivity contribution is 0.0849. The zero-order chi connectivity index (χ0) is 17.7. The molecule has 0 heterocycles. The van der Waals surface area contributed by atoms with Crippen LogP contribution < -0.4 is 9.46 Å². The molecule has 2 rings (SSSR count). The first kappa shape index (κ1) is 17.5. The Balaban J connectivity index is 2.13. The molecule has 0 aliphatic rings. The molecule has 0 saturated heterocycles. The number of ether oxygens (including phenoxy) is 1. The van der Waals surface area contributed by atoms with Crippen molar-refractivity contribution in [2.45, 2.75) is 13.2 Å². The van der Waals surface area contributed by atoms with E-state index in [9.17, 15) is 13.2 Å². The van der Waals surface area contributed by atoms with E-state index in [1.54, 1.807) is 12.1 Å². The standard InChI is InChI=1S/C17H16N2O4S/c1-12-4-10-15(11-5-12)23-17(18-2)16(20)13-6-8-14(9-7-13)19-24(3,21)22/h4-11,17,19H,1,3H3. The summed E-state index contributed by atoms with van der Waals surface area (Å²) >= 11 is 0. The second-order valence-corrected chi connectivity index (χ2v) is 6.98. The highest BCUT2D eigenvalue weighted by Crippen LogP contribution is 2.18. The molecule has 24 heavy (non-hydrogen) atoms. The van der Waals surface area contributed by atoms with E-state index in [-0.39, 0.29) is 5.56 Å². The van der Waals surface area contributed by atoms with Crippen LogP contribution in [0.4, 0.5) is 5.69 Å². The van der Waals surface area contributed by atoms with Crippen molar-refractivity contribution in [1.29, 1.82) is 0 Å². The maximum absolute atomic E-state index is 12.4. The molecular formula is C17H16N2O4S. The van der Waals surface area contributed by atoms with Gasteiger partial charge in [0.25, 0.3) is 5.78 Å². The van der Waals surface area contributed by atoms with Gasteiger partial charge in [0.2, 0.25) is 10.0 Å². The first-order chi connectivity index (χ1) is 11.3. The van der Waals surface area contributed by atoms with Crippen molar-refractivity contribution in [3.63, 3.8) is 0 Å². The van der Waals surface area contributed by atoms with Crippen LogP contribution in [0.2, 0.25) is 0 Å². The molecule has 0 amide bonds. The summed E-state index contributed by atoms with van der Waals surface area (Å²) in [7, 11) is -3.38. The zero-order valence-corrected chi connectivity index (χ0v) is 14.0. The number of hydrogen-bond acceptors (Lipinski definition) is 4. The molecule has 1 unspecified atom stereocenters. The number of anilines is 1. The summed E-state index contributed by atoms with van der Waals surface area (Å²) in [4.78, 5) is 15.6. The Morgan fingerprint density at radius 1 is 1.12 bits per heavy atom. The average Bonchev–Trinajstić information content (AvgIpc) is 2.53. The van der Waals surface area contributed by atoms with Crippen LogP contribution in [0.1, 0.15) is 15.9 Å². The molecule has 0 radical (unpaired) electrons. The van der Waals surface area contributed by atoms with Gasteiger partial charge in [-0.25, -0.2) is 15.0 Å². The molecule has 2 aromatic carbocycles. The summed E-state index contributed by atoms with van der Waals surface area (Å²) in [6, 6.07) is 12.9. The summed E-state index contributed by atoms with van der Waals surface area (Å²) in [6.45, 7) is 9.10. The van der Waals surface area contributed by atoms with Gasteiger partial charge in [0.1, 0.15) is 5.75 Å². The summed E-state index contributed by atoms with van der Waals surface area (Å²) in [5.74, 6) is -0.0539. The Bertz CT molecular complexity index is 866. The number of ketones is 1. The second kappa shape index (κ2) is 7.15. The van der Waals surface area contributed by atoms with Crippen molar-refractivity contribution in [3.8, 4) is 5.75 Å². The Labute approximate surface area is 141 Å². The summed E-state index contributed by atoms with van der Waals surface area (Å²) in [6.07, 6.45) is -0.252. The third kappa shape index (κ3) is 4.83. The largest absolute Gasteiger partial charge is 0.431 e. The van der Waals surface area contributed by atoms with Gasteiger partial charge in [0.15, 0.2) is 0 Å². The monoisotopic (exact) mass is 344 g/mol. The van der Waals surface area contributed by atoms with Gasteiger partial charge in [-0.2, -0.15) is 0 Å². The van der Waals surface area contributed by atoms with Gasteiger partial charge in [-0.1, -0.05) is 17.7 Å². The molecule has 0 aliphatic carbocycles. The first-order valence-corrected chi connectivity index (χ1v) is 8.89. The summed E-state index contributed by atoms with van der Waals surface area (Å²) in [5, 5.41) is 0. The molecule has 124 valence electrons. The van der Waals surface area contributed by atoms with Crippen LogP contribution in [0.15, 0.2) is 48.5 Å². The minimum Gasteiger partial charge on any atom is -0.418 e. The van der Waals surface area contributed by atoms with Crippen molar-refractivity contribution in [1.82, 2.24) is 0 Å². The normalized spacial score (nSPS) is 12.0. The third-order valence-corrected chi connectivity index (χ3v) is 3.69. The summed E-state index contributed by atoms with van der Waals surface area (Å²) < 4.78 is 30.1. The molecule has 7 heteroatoms. The van der Waals surface area contributed by atoms with Crippen molar-refractivity contribution in [2.75, 3.05) is 11.0 Å². The van der Waals surface area contributed by atoms with Gasteiger partial charge >= 0.3 is 6.23 Å². The number of carbonyl (C=O) groups is 1. The highest BCUT2D eigenvalue weighted by atomic mass is 32.2. The number of sulfonamides is 1. The fourth-order valence-electron chi connectivity index (χ4n) is 1.94. The number of benzene rings is 2. The predicted octanol–water partition coefficient (Wildman–Crippen LogP) is 2.87. The number of nitrogens with zero attached hydrogens (tertiary/aromatic N) is 1. The Kier molecular flexibility index (Phi) is 5.21. The van der Waals surface area contributed by atoms with E-state index in [0.717, 1.165) is 11.8 Å². The molecule has 0 fully saturated rings. The van der Waals surface area contributed by atoms with Crippen LogP contribution >= 0.6 is 0 Å². The van der Waals surface area contributed by atoms with Crippen LogP contribution in [-0.4, -0.2) is 26.7 Å². The number of aryl methyl sites for hydroxylation is 1. The van der Waals surface area contributed by atoms with Gasteiger partial charge in [0, 0.05) is 11.3 Å². The highest BCUT2D eigenvalue weighted by molar-refractivity contribution is 7.92. The smallest absolute Gasteiger partial charge is 0.418 e. The minimum absolute atomic E-state index is 0.266. The minimum atomic E-state index is -3.38. The number of carbonyl (C=O) groups excluding carboxylic acids is 1. The Morgan fingerprint density at radius 3 is 2.21 bits per heavy atom. The van der Waals surface area contributed by atoms with Crippen LogP contribution in [0.25, 0.3) is 4.85 Å². The van der Waals surface area contributed by atoms with Gasteiger partial charge in [-0.3, -0.25) is 14.4 Å². The fraction of sp³-hybridized carbons (Fsp3) is 0.176. The highest BCUT2D eigenvalue weighted by Gasteiger charge is 2.27. The van der Waals surface area contributed by atoms with E-state index in [1.807, 2.05) is 19.1 Å². The molecule has 1 N–H and O–H groups in total. The Morgan fingerprint density at radius 2 is 1.71 bits per heavy atom. The van der Waals surface area contributed by atoms with Gasteiger partial charge < -0.3 is 4.74 Å². The predicted molar refractivity (Wildman–Crippen MR) is 91.4 cm³/mol. The van der Waals surface area contributed by atoms with Crippen LogP contribution in [-0.2, 0) is 10.0 Å². The van der Waals surface area contributed by atoms with Crippen molar-refractivity contribution in [3.05, 3.63) is 71.1 Å². The molecule has 0 aromatic heterocycles.